The van der Waals surface area contributed by atoms with E-state index in [1.165, 1.54) is 0 Å². The molecule has 0 aliphatic carbocycles. The van der Waals surface area contributed by atoms with E-state index in [4.69, 9.17) is 16.3 Å². The highest BCUT2D eigenvalue weighted by molar-refractivity contribution is 6.30. The number of aryl methyl sites for hydroxylation is 1. The van der Waals surface area contributed by atoms with Gasteiger partial charge in [-0.25, -0.2) is 0 Å². The molecule has 19 heavy (non-hydrogen) atoms. The van der Waals surface area contributed by atoms with Crippen LogP contribution in [-0.4, -0.2) is 11.7 Å². The summed E-state index contributed by atoms with van der Waals surface area (Å²) >= 11 is 5.62. The van der Waals surface area contributed by atoms with Gasteiger partial charge in [-0.15, -0.1) is 11.6 Å². The van der Waals surface area contributed by atoms with Gasteiger partial charge < -0.3 is 4.74 Å². The van der Waals surface area contributed by atoms with Crippen molar-refractivity contribution in [3.8, 4) is 5.75 Å². The molecule has 0 spiro atoms. The van der Waals surface area contributed by atoms with Gasteiger partial charge in [0, 0.05) is 0 Å². The number of hydrogen-bond acceptors (Lipinski definition) is 2. The van der Waals surface area contributed by atoms with E-state index in [1.54, 1.807) is 0 Å². The SMILES string of the molecule is Cc1ccc(OCc2ccccc2)c(C(=O)CCl)c1. The molecule has 0 radical (unpaired) electrons. The van der Waals surface area contributed by atoms with E-state index in [0.717, 1.165) is 11.1 Å². The van der Waals surface area contributed by atoms with E-state index in [-0.39, 0.29) is 11.7 Å². The van der Waals surface area contributed by atoms with Crippen molar-refractivity contribution in [2.45, 2.75) is 13.5 Å². The van der Waals surface area contributed by atoms with Crippen molar-refractivity contribution >= 4 is 17.4 Å². The third-order valence-electron chi connectivity index (χ3n) is 2.79. The zero-order valence-corrected chi connectivity index (χ0v) is 11.5. The van der Waals surface area contributed by atoms with Gasteiger partial charge in [-0.1, -0.05) is 42.0 Å². The highest BCUT2D eigenvalue weighted by atomic mass is 35.5. The van der Waals surface area contributed by atoms with E-state index in [1.807, 2.05) is 55.5 Å². The van der Waals surface area contributed by atoms with Crippen molar-refractivity contribution in [2.75, 3.05) is 5.88 Å². The smallest absolute Gasteiger partial charge is 0.181 e. The van der Waals surface area contributed by atoms with Crippen molar-refractivity contribution < 1.29 is 9.53 Å². The summed E-state index contributed by atoms with van der Waals surface area (Å²) < 4.78 is 5.72. The molecule has 0 N–H and O–H groups in total. The Morgan fingerprint density at radius 1 is 1.16 bits per heavy atom. The molecule has 0 saturated carbocycles. The van der Waals surface area contributed by atoms with Crippen LogP contribution in [0.2, 0.25) is 0 Å². The molecule has 0 unspecified atom stereocenters. The lowest BCUT2D eigenvalue weighted by Gasteiger charge is -2.11. The second kappa shape index (κ2) is 6.39. The summed E-state index contributed by atoms with van der Waals surface area (Å²) in [6, 6.07) is 15.4. The number of benzene rings is 2. The summed E-state index contributed by atoms with van der Waals surface area (Å²) in [7, 11) is 0. The van der Waals surface area contributed by atoms with Gasteiger partial charge >= 0.3 is 0 Å². The van der Waals surface area contributed by atoms with Crippen molar-refractivity contribution in [3.63, 3.8) is 0 Å². The van der Waals surface area contributed by atoms with Crippen molar-refractivity contribution in [3.05, 3.63) is 65.2 Å². The van der Waals surface area contributed by atoms with E-state index >= 15 is 0 Å². The lowest BCUT2D eigenvalue weighted by atomic mass is 10.1. The summed E-state index contributed by atoms with van der Waals surface area (Å²) in [6.07, 6.45) is 0. The molecular weight excluding hydrogens is 260 g/mol. The Bertz CT molecular complexity index is 564. The summed E-state index contributed by atoms with van der Waals surface area (Å²) in [5, 5.41) is 0. The molecule has 2 aromatic rings. The maximum Gasteiger partial charge on any atom is 0.181 e. The van der Waals surface area contributed by atoms with Gasteiger partial charge in [0.15, 0.2) is 5.78 Å². The molecule has 0 saturated heterocycles. The van der Waals surface area contributed by atoms with Crippen molar-refractivity contribution in [1.29, 1.82) is 0 Å². The standard InChI is InChI=1S/C16H15ClO2/c1-12-7-8-16(14(9-12)15(18)10-17)19-11-13-5-3-2-4-6-13/h2-9H,10-11H2,1H3. The lowest BCUT2D eigenvalue weighted by molar-refractivity contribution is 0.101. The van der Waals surface area contributed by atoms with E-state index in [0.29, 0.717) is 17.9 Å². The minimum absolute atomic E-state index is 0.0366. The fourth-order valence-corrected chi connectivity index (χ4v) is 1.94. The van der Waals surface area contributed by atoms with Crippen LogP contribution in [0.5, 0.6) is 5.75 Å². The maximum atomic E-state index is 11.8. The number of carbonyl (C=O) groups excluding carboxylic acids is 1. The highest BCUT2D eigenvalue weighted by Gasteiger charge is 2.12. The number of carbonyl (C=O) groups is 1. The second-order valence-electron chi connectivity index (χ2n) is 4.33. The second-order valence-corrected chi connectivity index (χ2v) is 4.60. The van der Waals surface area contributed by atoms with E-state index in [2.05, 4.69) is 0 Å². The molecule has 0 aliphatic heterocycles. The molecule has 0 heterocycles. The lowest BCUT2D eigenvalue weighted by Crippen LogP contribution is -2.05. The van der Waals surface area contributed by atoms with Gasteiger partial charge in [-0.05, 0) is 24.6 Å². The number of rotatable bonds is 5. The molecular formula is C16H15ClO2. The van der Waals surface area contributed by atoms with Gasteiger partial charge in [0.1, 0.15) is 12.4 Å². The molecule has 2 aromatic carbocycles. The van der Waals surface area contributed by atoms with Crippen LogP contribution in [0.4, 0.5) is 0 Å². The van der Waals surface area contributed by atoms with Gasteiger partial charge in [0.05, 0.1) is 11.4 Å². The first-order chi connectivity index (χ1) is 9.20. The minimum atomic E-state index is -0.117. The first-order valence-electron chi connectivity index (χ1n) is 6.07. The van der Waals surface area contributed by atoms with Gasteiger partial charge in [-0.2, -0.15) is 0 Å². The van der Waals surface area contributed by atoms with Crippen LogP contribution in [0.15, 0.2) is 48.5 Å². The normalized spacial score (nSPS) is 10.2. The molecule has 0 aromatic heterocycles. The van der Waals surface area contributed by atoms with Crippen molar-refractivity contribution in [2.24, 2.45) is 0 Å². The zero-order valence-electron chi connectivity index (χ0n) is 10.7. The fourth-order valence-electron chi connectivity index (χ4n) is 1.79. The Balaban J connectivity index is 2.18. The molecule has 0 aliphatic rings. The largest absolute Gasteiger partial charge is 0.488 e. The average Bonchev–Trinajstić information content (AvgIpc) is 2.46. The topological polar surface area (TPSA) is 26.3 Å². The Morgan fingerprint density at radius 2 is 1.89 bits per heavy atom. The van der Waals surface area contributed by atoms with Crippen LogP contribution in [0.25, 0.3) is 0 Å². The van der Waals surface area contributed by atoms with Crippen molar-refractivity contribution in [1.82, 2.24) is 0 Å². The quantitative estimate of drug-likeness (QED) is 0.609. The highest BCUT2D eigenvalue weighted by Crippen LogP contribution is 2.22. The summed E-state index contributed by atoms with van der Waals surface area (Å²) in [4.78, 5) is 11.8. The molecule has 2 rings (SSSR count). The summed E-state index contributed by atoms with van der Waals surface area (Å²) in [6.45, 7) is 2.37. The molecule has 0 atom stereocenters. The van der Waals surface area contributed by atoms with Crippen LogP contribution in [0.1, 0.15) is 21.5 Å². The Morgan fingerprint density at radius 3 is 2.58 bits per heavy atom. The first-order valence-corrected chi connectivity index (χ1v) is 6.60. The predicted molar refractivity (Wildman–Crippen MR) is 77.0 cm³/mol. The maximum absolute atomic E-state index is 11.8. The number of halogens is 1. The number of ether oxygens (including phenoxy) is 1. The molecule has 0 amide bonds. The third-order valence-corrected chi connectivity index (χ3v) is 3.04. The minimum Gasteiger partial charge on any atom is -0.488 e. The van der Waals surface area contributed by atoms with Crippen LogP contribution in [0, 0.1) is 6.92 Å². The zero-order chi connectivity index (χ0) is 13.7. The Kier molecular flexibility index (Phi) is 4.58. The van der Waals surface area contributed by atoms with Crippen LogP contribution in [0.3, 0.4) is 0 Å². The Labute approximate surface area is 118 Å². The number of ketones is 1. The van der Waals surface area contributed by atoms with Crippen LogP contribution < -0.4 is 4.74 Å². The predicted octanol–water partition coefficient (Wildman–Crippen LogP) is 4.00. The van der Waals surface area contributed by atoms with E-state index < -0.39 is 0 Å². The molecule has 98 valence electrons. The molecule has 0 bridgehead atoms. The Hall–Kier alpha value is -1.80. The summed E-state index contributed by atoms with van der Waals surface area (Å²) in [5.41, 5.74) is 2.62. The monoisotopic (exact) mass is 274 g/mol. The number of Topliss-reactive ketones (excluding diaryl/α,β-unsaturated/α-hetero) is 1. The average molecular weight is 275 g/mol. The molecule has 0 fully saturated rings. The molecule has 3 heteroatoms. The van der Waals surface area contributed by atoms with Gasteiger partial charge in [-0.3, -0.25) is 4.79 Å². The van der Waals surface area contributed by atoms with Gasteiger partial charge in [0.2, 0.25) is 0 Å². The van der Waals surface area contributed by atoms with Crippen LogP contribution in [-0.2, 0) is 6.61 Å². The van der Waals surface area contributed by atoms with E-state index in [9.17, 15) is 4.79 Å². The van der Waals surface area contributed by atoms with Crippen LogP contribution >= 0.6 is 11.6 Å². The fraction of sp³-hybridized carbons (Fsp3) is 0.188. The number of alkyl halides is 1. The first kappa shape index (κ1) is 13.6. The summed E-state index contributed by atoms with van der Waals surface area (Å²) in [5.74, 6) is 0.430. The van der Waals surface area contributed by atoms with Gasteiger partial charge in [0.25, 0.3) is 0 Å². The molecule has 2 nitrogen and oxygen atoms in total. The third kappa shape index (κ3) is 3.58. The number of hydrogen-bond donors (Lipinski definition) is 0.